The highest BCUT2D eigenvalue weighted by atomic mass is 35.5. The molecule has 54 heavy (non-hydrogen) atoms. The van der Waals surface area contributed by atoms with Crippen molar-refractivity contribution in [3.63, 3.8) is 0 Å². The van der Waals surface area contributed by atoms with Gasteiger partial charge in [-0.15, -0.1) is 28.2 Å². The minimum atomic E-state index is -1.77. The Hall–Kier alpha value is -5.74. The van der Waals surface area contributed by atoms with Gasteiger partial charge in [0.15, 0.2) is 28.2 Å². The Morgan fingerprint density at radius 1 is 1.26 bits per heavy atom. The number of carboxylic acid groups (broad SMARTS) is 1. The Kier molecular flexibility index (Phi) is 9.66. The Labute approximate surface area is 318 Å². The number of β-lactam (4-membered cyclic amide) rings is 1. The molecule has 4 aromatic rings. The van der Waals surface area contributed by atoms with Gasteiger partial charge in [0.1, 0.15) is 28.3 Å². The van der Waals surface area contributed by atoms with Gasteiger partial charge in [0, 0.05) is 23.1 Å². The quantitative estimate of drug-likeness (QED) is 0.0368. The zero-order valence-corrected chi connectivity index (χ0v) is 30.8. The number of aromatic nitrogens is 7. The standard InChI is InChI=1S/C31H31ClN12O8S2/c1-31(2,29(50)51)52-39-20(15-12-54-30(33)34-15)26(48)36-21-27(49)44-22(24-37-40-41-38-24)13(11-53-28(21)44)9-42-10-17(43-8-4-3-5-18(42)43)35-25(47)14-6-7-16(45)23(46)19(14)32/h6-7,10,12,21,28H,3-5,8-9,11H2,1-2H3,(H7-,33,34,35,36,37,38,39,40,41,45,46,47,48,50,51)/p+1/t21-,28-/m1/s1. The number of aliphatic carboxylic acids is 1. The molecule has 0 saturated carbocycles. The minimum absolute atomic E-state index is 0.0221. The van der Waals surface area contributed by atoms with Crippen molar-refractivity contribution in [1.29, 1.82) is 0 Å². The van der Waals surface area contributed by atoms with E-state index in [0.29, 0.717) is 36.8 Å². The number of thioether (sulfide) groups is 1. The molecule has 0 spiro atoms. The molecule has 2 atom stereocenters. The number of phenols is 2. The summed E-state index contributed by atoms with van der Waals surface area (Å²) in [6.07, 6.45) is 4.28. The van der Waals surface area contributed by atoms with Crippen LogP contribution in [0.4, 0.5) is 10.9 Å². The number of rotatable bonds is 11. The monoisotopic (exact) mass is 799 g/mol. The highest BCUT2D eigenvalue weighted by Crippen LogP contribution is 2.44. The minimum Gasteiger partial charge on any atom is -0.504 e. The first-order valence-electron chi connectivity index (χ1n) is 16.3. The van der Waals surface area contributed by atoms with E-state index in [1.807, 2.05) is 9.13 Å². The highest BCUT2D eigenvalue weighted by molar-refractivity contribution is 8.00. The number of carbonyl (C=O) groups excluding carboxylic acids is 3. The van der Waals surface area contributed by atoms with E-state index < -0.39 is 52.2 Å². The molecule has 8 N–H and O–H groups in total. The normalized spacial score (nSPS) is 18.5. The van der Waals surface area contributed by atoms with Crippen molar-refractivity contribution in [2.75, 3.05) is 16.8 Å². The molecule has 282 valence electrons. The number of tetrazole rings is 1. The summed E-state index contributed by atoms with van der Waals surface area (Å²) in [6, 6.07) is 1.49. The molecule has 3 aliphatic heterocycles. The number of nitrogens with zero attached hydrogens (tertiary/aromatic N) is 8. The van der Waals surface area contributed by atoms with Gasteiger partial charge in [-0.25, -0.2) is 24.8 Å². The molecule has 0 bridgehead atoms. The Balaban J connectivity index is 1.15. The molecule has 23 heteroatoms. The van der Waals surface area contributed by atoms with Gasteiger partial charge in [0.05, 0.1) is 24.4 Å². The van der Waals surface area contributed by atoms with E-state index in [9.17, 15) is 34.5 Å². The van der Waals surface area contributed by atoms with E-state index in [-0.39, 0.29) is 32.9 Å². The molecule has 6 heterocycles. The molecule has 3 aliphatic rings. The second-order valence-electron chi connectivity index (χ2n) is 12.9. The van der Waals surface area contributed by atoms with Crippen molar-refractivity contribution >= 4 is 80.7 Å². The van der Waals surface area contributed by atoms with Crippen molar-refractivity contribution in [2.45, 2.75) is 63.2 Å². The lowest BCUT2D eigenvalue weighted by atomic mass is 10.0. The van der Waals surface area contributed by atoms with Gasteiger partial charge in [-0.05, 0) is 49.2 Å². The summed E-state index contributed by atoms with van der Waals surface area (Å²) in [5, 5.41) is 53.7. The van der Waals surface area contributed by atoms with Crippen LogP contribution in [0.2, 0.25) is 5.02 Å². The fraction of sp³-hybridized carbons (Fsp3) is 0.355. The van der Waals surface area contributed by atoms with E-state index in [4.69, 9.17) is 22.2 Å². The van der Waals surface area contributed by atoms with Gasteiger partial charge in [-0.2, -0.15) is 0 Å². The number of fused-ring (bicyclic) bond motifs is 2. The van der Waals surface area contributed by atoms with E-state index >= 15 is 0 Å². The van der Waals surface area contributed by atoms with E-state index in [1.54, 1.807) is 6.20 Å². The van der Waals surface area contributed by atoms with Gasteiger partial charge in [-0.3, -0.25) is 23.9 Å². The number of nitrogen functional groups attached to an aromatic ring is 1. The van der Waals surface area contributed by atoms with Crippen LogP contribution in [0.3, 0.4) is 0 Å². The number of halogens is 1. The Morgan fingerprint density at radius 3 is 2.76 bits per heavy atom. The van der Waals surface area contributed by atoms with Crippen LogP contribution >= 0.6 is 34.7 Å². The maximum absolute atomic E-state index is 13.9. The molecule has 1 saturated heterocycles. The van der Waals surface area contributed by atoms with Crippen molar-refractivity contribution in [3.05, 3.63) is 57.2 Å². The molecule has 0 radical (unpaired) electrons. The molecule has 20 nitrogen and oxygen atoms in total. The van der Waals surface area contributed by atoms with Crippen molar-refractivity contribution < 1.29 is 43.9 Å². The third kappa shape index (κ3) is 6.66. The van der Waals surface area contributed by atoms with Gasteiger partial charge >= 0.3 is 11.9 Å². The van der Waals surface area contributed by atoms with Crippen LogP contribution < -0.4 is 20.9 Å². The number of hydrogen-bond donors (Lipinski definition) is 7. The lowest BCUT2D eigenvalue weighted by Gasteiger charge is -2.49. The summed E-state index contributed by atoms with van der Waals surface area (Å²) in [7, 11) is 0. The van der Waals surface area contributed by atoms with Gasteiger partial charge < -0.3 is 31.2 Å². The van der Waals surface area contributed by atoms with Crippen LogP contribution in [0.25, 0.3) is 5.70 Å². The maximum atomic E-state index is 13.9. The largest absolute Gasteiger partial charge is 0.504 e. The zero-order valence-electron chi connectivity index (χ0n) is 28.4. The number of amides is 3. The molecular weight excluding hydrogens is 768 g/mol. The summed E-state index contributed by atoms with van der Waals surface area (Å²) in [5.41, 5.74) is 4.89. The molecule has 3 aromatic heterocycles. The van der Waals surface area contributed by atoms with Crippen LogP contribution in [0.15, 0.2) is 34.4 Å². The van der Waals surface area contributed by atoms with Crippen LogP contribution in [-0.4, -0.2) is 103 Å². The Bertz CT molecular complexity index is 2250. The van der Waals surface area contributed by atoms with E-state index in [2.05, 4.69) is 41.4 Å². The summed E-state index contributed by atoms with van der Waals surface area (Å²) in [4.78, 5) is 63.1. The van der Waals surface area contributed by atoms with Crippen molar-refractivity contribution in [2.24, 2.45) is 5.16 Å². The number of hydrogen-bond acceptors (Lipinski definition) is 15. The molecule has 0 aliphatic carbocycles. The Morgan fingerprint density at radius 2 is 2.06 bits per heavy atom. The molecule has 3 amide bonds. The smallest absolute Gasteiger partial charge is 0.350 e. The van der Waals surface area contributed by atoms with Gasteiger partial charge in [0.2, 0.25) is 11.4 Å². The summed E-state index contributed by atoms with van der Waals surface area (Å²) < 4.78 is 3.97. The van der Waals surface area contributed by atoms with E-state index in [0.717, 1.165) is 35.6 Å². The zero-order chi connectivity index (χ0) is 38.5. The SMILES string of the molecule is CC(C)(O/N=C(\C(=O)N[C@@H]1C(=O)N2C(c3nnn[nH]3)=C(Cn3cc(NC(=O)c4ccc(O)c(O)c4Cl)[n+]4c3CCCC4)CS[C@H]12)c1csc(N)n1)C(=O)O. The first kappa shape index (κ1) is 36.6. The molecule has 1 fully saturated rings. The predicted octanol–water partition coefficient (Wildman–Crippen LogP) is 1.08. The maximum Gasteiger partial charge on any atom is 0.350 e. The lowest BCUT2D eigenvalue weighted by molar-refractivity contribution is -0.695. The topological polar surface area (TPSA) is 280 Å². The third-order valence-corrected chi connectivity index (χ3v) is 11.3. The number of aromatic hydroxyl groups is 2. The number of benzene rings is 1. The van der Waals surface area contributed by atoms with Crippen molar-refractivity contribution in [1.82, 2.24) is 40.4 Å². The third-order valence-electron chi connectivity index (χ3n) is 8.95. The van der Waals surface area contributed by atoms with Gasteiger partial charge in [0.25, 0.3) is 17.6 Å². The molecular formula is C31H32ClN12O8S2+. The van der Waals surface area contributed by atoms with Crippen LogP contribution in [0.5, 0.6) is 11.5 Å². The number of carboxylic acids is 1. The van der Waals surface area contributed by atoms with Crippen molar-refractivity contribution in [3.8, 4) is 11.5 Å². The number of oxime groups is 1. The number of phenolic OH excluding ortho intramolecular Hbond substituents is 2. The summed E-state index contributed by atoms with van der Waals surface area (Å²) in [5.74, 6) is -2.18. The molecule has 7 rings (SSSR count). The number of carbonyl (C=O) groups is 4. The van der Waals surface area contributed by atoms with Crippen LogP contribution in [-0.2, 0) is 38.7 Å². The number of H-pyrrole nitrogens is 1. The van der Waals surface area contributed by atoms with Crippen LogP contribution in [0.1, 0.15) is 54.4 Å². The summed E-state index contributed by atoms with van der Waals surface area (Å²) in [6.45, 7) is 3.45. The second-order valence-corrected chi connectivity index (χ2v) is 15.3. The number of thiazole rings is 1. The molecule has 1 aromatic carbocycles. The summed E-state index contributed by atoms with van der Waals surface area (Å²) >= 11 is 8.61. The molecule has 0 unspecified atom stereocenters. The number of imidazole rings is 1. The number of anilines is 2. The first-order chi connectivity index (χ1) is 25.7. The number of aromatic amines is 1. The lowest BCUT2D eigenvalue weighted by Crippen LogP contribution is -2.70. The van der Waals surface area contributed by atoms with Crippen LogP contribution in [0, 0.1) is 0 Å². The van der Waals surface area contributed by atoms with E-state index in [1.165, 1.54) is 48.0 Å². The van der Waals surface area contributed by atoms with Gasteiger partial charge in [-0.1, -0.05) is 16.8 Å². The number of nitrogens with one attached hydrogen (secondary N) is 3. The number of nitrogens with two attached hydrogens (primary N) is 1. The highest BCUT2D eigenvalue weighted by Gasteiger charge is 2.54. The first-order valence-corrected chi connectivity index (χ1v) is 18.6. The average molecular weight is 800 g/mol. The second kappa shape index (κ2) is 14.2. The predicted molar refractivity (Wildman–Crippen MR) is 192 cm³/mol. The average Bonchev–Trinajstić information content (AvgIpc) is 3.91. The fourth-order valence-corrected chi connectivity index (χ4v) is 8.25. The fourth-order valence-electron chi connectivity index (χ4n) is 6.12.